The van der Waals surface area contributed by atoms with Gasteiger partial charge in [0, 0.05) is 23.7 Å². The Labute approximate surface area is 181 Å². The number of hydrogen-bond acceptors (Lipinski definition) is 3. The summed E-state index contributed by atoms with van der Waals surface area (Å²) in [4.78, 5) is 13.6. The second-order valence-electron chi connectivity index (χ2n) is 11.5. The van der Waals surface area contributed by atoms with Crippen molar-refractivity contribution in [2.45, 2.75) is 85.2 Å². The number of aryl methyl sites for hydroxylation is 2. The van der Waals surface area contributed by atoms with Crippen LogP contribution in [0.1, 0.15) is 82.2 Å². The van der Waals surface area contributed by atoms with E-state index >= 15 is 0 Å². The molecule has 0 amide bonds. The van der Waals surface area contributed by atoms with Gasteiger partial charge in [0.2, 0.25) is 0 Å². The molecule has 7 atom stereocenters. The maximum absolute atomic E-state index is 13.6. The van der Waals surface area contributed by atoms with Crippen molar-refractivity contribution in [3.05, 3.63) is 22.5 Å². The van der Waals surface area contributed by atoms with Crippen molar-refractivity contribution in [2.75, 3.05) is 0 Å². The molecule has 1 aromatic rings. The van der Waals surface area contributed by atoms with Gasteiger partial charge in [0.15, 0.2) is 5.78 Å². The van der Waals surface area contributed by atoms with E-state index < -0.39 is 0 Å². The average Bonchev–Trinajstić information content (AvgIpc) is 3.10. The van der Waals surface area contributed by atoms with E-state index in [-0.39, 0.29) is 11.5 Å². The highest BCUT2D eigenvalue weighted by molar-refractivity contribution is 6.06. The standard InChI is InChI=1S/C26H38N2O2/c1-15-21(16(2)28(5)27-15)12-17-13-23-20-7-6-18-14-19(29)8-10-25(18,3)22(20)9-11-26(23,4)24(17)30/h12,18-20,22-23,29H,6-11,13-14H2,1-5H3/b17-12-/t18-,19+,20-,22+,23+,25-,26-/m0/s1. The van der Waals surface area contributed by atoms with Gasteiger partial charge in [-0.15, -0.1) is 0 Å². The molecule has 164 valence electrons. The second kappa shape index (κ2) is 6.79. The molecule has 0 unspecified atom stereocenters. The van der Waals surface area contributed by atoms with Crippen molar-refractivity contribution in [3.8, 4) is 0 Å². The van der Waals surface area contributed by atoms with Gasteiger partial charge in [-0.2, -0.15) is 5.10 Å². The predicted octanol–water partition coefficient (Wildman–Crippen LogP) is 5.00. The Morgan fingerprint density at radius 2 is 1.87 bits per heavy atom. The summed E-state index contributed by atoms with van der Waals surface area (Å²) in [5.74, 6) is 2.93. The topological polar surface area (TPSA) is 55.1 Å². The number of carbonyl (C=O) groups excluding carboxylic acids is 1. The molecule has 1 aromatic heterocycles. The third kappa shape index (κ3) is 2.75. The fraction of sp³-hybridized carbons (Fsp3) is 0.769. The third-order valence-electron chi connectivity index (χ3n) is 10.2. The Morgan fingerprint density at radius 3 is 2.57 bits per heavy atom. The Bertz CT molecular complexity index is 914. The number of aliphatic hydroxyl groups excluding tert-OH is 1. The van der Waals surface area contributed by atoms with Gasteiger partial charge in [0.1, 0.15) is 0 Å². The van der Waals surface area contributed by atoms with Crippen molar-refractivity contribution in [2.24, 2.45) is 41.5 Å². The molecule has 0 saturated heterocycles. The molecule has 4 fully saturated rings. The molecule has 0 radical (unpaired) electrons. The second-order valence-corrected chi connectivity index (χ2v) is 11.5. The molecule has 4 saturated carbocycles. The summed E-state index contributed by atoms with van der Waals surface area (Å²) in [7, 11) is 1.98. The first-order valence-electron chi connectivity index (χ1n) is 12.1. The van der Waals surface area contributed by atoms with E-state index in [0.29, 0.717) is 29.0 Å². The Kier molecular flexibility index (Phi) is 4.63. The molecule has 1 heterocycles. The van der Waals surface area contributed by atoms with Crippen LogP contribution >= 0.6 is 0 Å². The number of hydrogen-bond donors (Lipinski definition) is 1. The van der Waals surface area contributed by atoms with Crippen LogP contribution in [0.2, 0.25) is 0 Å². The lowest BCUT2D eigenvalue weighted by molar-refractivity contribution is -0.141. The predicted molar refractivity (Wildman–Crippen MR) is 119 cm³/mol. The van der Waals surface area contributed by atoms with Crippen molar-refractivity contribution < 1.29 is 9.90 Å². The van der Waals surface area contributed by atoms with E-state index in [1.54, 1.807) is 0 Å². The SMILES string of the molecule is Cc1nn(C)c(C)c1/C=C1/C[C@@H]2[C@H]3CC[C@H]4C[C@H](O)CC[C@]4(C)[C@@H]3CC[C@]2(C)C1=O. The van der Waals surface area contributed by atoms with Gasteiger partial charge in [0.05, 0.1) is 11.8 Å². The first-order valence-corrected chi connectivity index (χ1v) is 12.1. The van der Waals surface area contributed by atoms with Crippen LogP contribution in [0.15, 0.2) is 5.57 Å². The van der Waals surface area contributed by atoms with Crippen molar-refractivity contribution in [3.63, 3.8) is 0 Å². The number of ketones is 1. The average molecular weight is 411 g/mol. The molecule has 4 aliphatic carbocycles. The van der Waals surface area contributed by atoms with Crippen LogP contribution in [0.25, 0.3) is 6.08 Å². The van der Waals surface area contributed by atoms with E-state index in [4.69, 9.17) is 0 Å². The fourth-order valence-corrected chi connectivity index (χ4v) is 8.21. The third-order valence-corrected chi connectivity index (χ3v) is 10.2. The fourth-order valence-electron chi connectivity index (χ4n) is 8.21. The first kappa shape index (κ1) is 20.5. The van der Waals surface area contributed by atoms with E-state index in [0.717, 1.165) is 60.5 Å². The smallest absolute Gasteiger partial charge is 0.165 e. The molecule has 0 bridgehead atoms. The van der Waals surface area contributed by atoms with Gasteiger partial charge in [-0.05, 0) is 106 Å². The molecule has 4 heteroatoms. The normalized spacial score (nSPS) is 44.7. The Morgan fingerprint density at radius 1 is 1.10 bits per heavy atom. The minimum absolute atomic E-state index is 0.0953. The Balaban J connectivity index is 1.47. The summed E-state index contributed by atoms with van der Waals surface area (Å²) in [5.41, 5.74) is 4.50. The lowest BCUT2D eigenvalue weighted by Gasteiger charge is -2.59. The number of nitrogens with zero attached hydrogens (tertiary/aromatic N) is 2. The zero-order chi connectivity index (χ0) is 21.4. The van der Waals surface area contributed by atoms with Crippen molar-refractivity contribution in [1.29, 1.82) is 0 Å². The highest BCUT2D eigenvalue weighted by atomic mass is 16.3. The van der Waals surface area contributed by atoms with Crippen LogP contribution in [0.4, 0.5) is 0 Å². The van der Waals surface area contributed by atoms with Crippen LogP contribution in [0, 0.1) is 48.3 Å². The van der Waals surface area contributed by atoms with Crippen LogP contribution in [0.3, 0.4) is 0 Å². The minimum atomic E-state index is -0.186. The van der Waals surface area contributed by atoms with Gasteiger partial charge >= 0.3 is 0 Å². The van der Waals surface area contributed by atoms with Gasteiger partial charge in [-0.25, -0.2) is 0 Å². The number of allylic oxidation sites excluding steroid dienone is 1. The van der Waals surface area contributed by atoms with Crippen LogP contribution in [-0.4, -0.2) is 26.8 Å². The van der Waals surface area contributed by atoms with E-state index in [2.05, 4.69) is 31.9 Å². The summed E-state index contributed by atoms with van der Waals surface area (Å²) in [5, 5.41) is 14.8. The molecule has 0 aliphatic heterocycles. The number of rotatable bonds is 1. The number of fused-ring (bicyclic) bond motifs is 5. The van der Waals surface area contributed by atoms with Crippen LogP contribution in [-0.2, 0) is 11.8 Å². The summed E-state index contributed by atoms with van der Waals surface area (Å²) in [6, 6.07) is 0. The van der Waals surface area contributed by atoms with Crippen LogP contribution < -0.4 is 0 Å². The molecule has 4 nitrogen and oxygen atoms in total. The van der Waals surface area contributed by atoms with Gasteiger partial charge in [-0.1, -0.05) is 13.8 Å². The summed E-state index contributed by atoms with van der Waals surface area (Å²) in [6.45, 7) is 8.91. The van der Waals surface area contributed by atoms with Crippen molar-refractivity contribution >= 4 is 11.9 Å². The van der Waals surface area contributed by atoms with E-state index in [1.165, 1.54) is 19.3 Å². The molecular weight excluding hydrogens is 372 g/mol. The summed E-state index contributed by atoms with van der Waals surface area (Å²) in [6.07, 6.45) is 10.8. The number of carbonyl (C=O) groups is 1. The van der Waals surface area contributed by atoms with Crippen LogP contribution in [0.5, 0.6) is 0 Å². The van der Waals surface area contributed by atoms with Gasteiger partial charge < -0.3 is 5.11 Å². The summed E-state index contributed by atoms with van der Waals surface area (Å²) >= 11 is 0. The lowest BCUT2D eigenvalue weighted by Crippen LogP contribution is -2.54. The lowest BCUT2D eigenvalue weighted by atomic mass is 9.45. The van der Waals surface area contributed by atoms with Crippen molar-refractivity contribution in [1.82, 2.24) is 9.78 Å². The summed E-state index contributed by atoms with van der Waals surface area (Å²) < 4.78 is 1.92. The molecule has 1 N–H and O–H groups in total. The minimum Gasteiger partial charge on any atom is -0.393 e. The maximum Gasteiger partial charge on any atom is 0.165 e. The quantitative estimate of drug-likeness (QED) is 0.663. The molecule has 5 rings (SSSR count). The van der Waals surface area contributed by atoms with Gasteiger partial charge in [0.25, 0.3) is 0 Å². The molecule has 4 aliphatic rings. The zero-order valence-electron chi connectivity index (χ0n) is 19.4. The number of aliphatic hydroxyl groups is 1. The zero-order valence-corrected chi connectivity index (χ0v) is 19.4. The largest absolute Gasteiger partial charge is 0.393 e. The molecule has 30 heavy (non-hydrogen) atoms. The maximum atomic E-state index is 13.6. The molecule has 0 aromatic carbocycles. The van der Waals surface area contributed by atoms with Gasteiger partial charge in [-0.3, -0.25) is 9.48 Å². The number of aromatic nitrogens is 2. The highest BCUT2D eigenvalue weighted by Crippen LogP contribution is 2.66. The molecular formula is C26H38N2O2. The number of Topliss-reactive ketones (excluding diaryl/α,β-unsaturated/α-hetero) is 1. The Hall–Kier alpha value is -1.42. The molecule has 0 spiro atoms. The van der Waals surface area contributed by atoms with E-state index in [9.17, 15) is 9.90 Å². The van der Waals surface area contributed by atoms with E-state index in [1.807, 2.05) is 18.7 Å². The highest BCUT2D eigenvalue weighted by Gasteiger charge is 2.61. The first-order chi connectivity index (χ1) is 14.1. The monoisotopic (exact) mass is 410 g/mol.